The van der Waals surface area contributed by atoms with E-state index in [0.29, 0.717) is 47.7 Å². The largest absolute Gasteiger partial charge is 0.454 e. The molecule has 6 rings (SSSR count). The summed E-state index contributed by atoms with van der Waals surface area (Å²) in [5.41, 5.74) is 6.40. The van der Waals surface area contributed by atoms with Gasteiger partial charge < -0.3 is 9.57 Å². The van der Waals surface area contributed by atoms with E-state index < -0.39 is 11.2 Å². The van der Waals surface area contributed by atoms with E-state index in [1.165, 1.54) is 0 Å². The Kier molecular flexibility index (Phi) is 8.41. The molecule has 14 heteroatoms. The van der Waals surface area contributed by atoms with Gasteiger partial charge in [0.25, 0.3) is 5.09 Å². The lowest BCUT2D eigenvalue weighted by Crippen LogP contribution is -2.36. The molecule has 0 N–H and O–H groups in total. The number of anilines is 1. The fourth-order valence-electron chi connectivity index (χ4n) is 5.32. The van der Waals surface area contributed by atoms with Gasteiger partial charge in [-0.3, -0.25) is 9.69 Å². The molecule has 14 nitrogen and oxygen atoms in total. The fraction of sp³-hybridized carbons (Fsp3) is 0.219. The molecule has 0 unspecified atom stereocenters. The molecule has 1 aliphatic rings. The molecule has 0 saturated heterocycles. The minimum absolute atomic E-state index is 0.0305. The summed E-state index contributed by atoms with van der Waals surface area (Å²) >= 11 is 0. The summed E-state index contributed by atoms with van der Waals surface area (Å²) in [6, 6.07) is 22.0. The number of tetrazole rings is 1. The van der Waals surface area contributed by atoms with Gasteiger partial charge in [0.1, 0.15) is 24.9 Å². The Bertz CT molecular complexity index is 1940. The topological polar surface area (TPSA) is 168 Å². The molecule has 0 fully saturated rings. The van der Waals surface area contributed by atoms with Gasteiger partial charge in [0.05, 0.1) is 6.54 Å². The highest BCUT2D eigenvalue weighted by molar-refractivity contribution is 5.95. The lowest BCUT2D eigenvalue weighted by molar-refractivity contribution is -0.763. The quantitative estimate of drug-likeness (QED) is 0.164. The molecule has 5 aromatic rings. The predicted octanol–water partition coefficient (Wildman–Crippen LogP) is 4.79. The van der Waals surface area contributed by atoms with Crippen molar-refractivity contribution in [1.29, 1.82) is 0 Å². The molecule has 0 atom stereocenters. The number of nitrogens with zero attached hydrogens (tertiary/aromatic N) is 8. The van der Waals surface area contributed by atoms with E-state index in [1.54, 1.807) is 29.2 Å². The predicted molar refractivity (Wildman–Crippen MR) is 164 cm³/mol. The molecular formula is C32H28N8O6. The number of rotatable bonds is 9. The Labute approximate surface area is 262 Å². The van der Waals surface area contributed by atoms with Gasteiger partial charge in [-0.25, -0.2) is 14.8 Å². The number of hydrogen-bond donors (Lipinski definition) is 0. The van der Waals surface area contributed by atoms with Crippen LogP contribution < -0.4 is 4.90 Å². The highest BCUT2D eigenvalue weighted by Gasteiger charge is 2.28. The number of aromatic nitrogens is 6. The Morgan fingerprint density at radius 1 is 0.913 bits per heavy atom. The summed E-state index contributed by atoms with van der Waals surface area (Å²) in [5.74, 6) is 1.58. The molecule has 3 aromatic carbocycles. The van der Waals surface area contributed by atoms with Crippen LogP contribution in [0.3, 0.4) is 0 Å². The van der Waals surface area contributed by atoms with E-state index in [0.717, 1.165) is 32.7 Å². The van der Waals surface area contributed by atoms with Crippen molar-refractivity contribution in [3.63, 3.8) is 0 Å². The van der Waals surface area contributed by atoms with Crippen molar-refractivity contribution in [2.24, 2.45) is 0 Å². The number of ether oxygens (including phenoxy) is 1. The first-order chi connectivity index (χ1) is 22.2. The van der Waals surface area contributed by atoms with Crippen LogP contribution in [0.1, 0.15) is 40.2 Å². The Morgan fingerprint density at radius 3 is 2.41 bits per heavy atom. The maximum atomic E-state index is 12.9. The van der Waals surface area contributed by atoms with Crippen molar-refractivity contribution in [2.45, 2.75) is 46.4 Å². The van der Waals surface area contributed by atoms with Gasteiger partial charge >= 0.3 is 6.09 Å². The summed E-state index contributed by atoms with van der Waals surface area (Å²) in [4.78, 5) is 52.0. The second-order valence-electron chi connectivity index (χ2n) is 10.7. The van der Waals surface area contributed by atoms with Crippen molar-refractivity contribution in [2.75, 3.05) is 4.90 Å². The molecule has 1 amide bonds. The zero-order chi connectivity index (χ0) is 32.2. The van der Waals surface area contributed by atoms with Gasteiger partial charge in [-0.1, -0.05) is 77.6 Å². The molecule has 0 bridgehead atoms. The van der Waals surface area contributed by atoms with Crippen molar-refractivity contribution in [1.82, 2.24) is 30.2 Å². The zero-order valence-electron chi connectivity index (χ0n) is 25.0. The third kappa shape index (κ3) is 6.55. The van der Waals surface area contributed by atoms with Gasteiger partial charge in [-0.2, -0.15) is 0 Å². The van der Waals surface area contributed by atoms with E-state index in [4.69, 9.17) is 4.74 Å². The standard InChI is InChI=1S/C32H28N8O6/c1-20-26-14-15-29(41)38(31(26)34-21(2)33-20)17-22-10-12-25(13-11-22)27-8-3-4-9-28(27)30-35-37-39(36-30)32(42)45-18-23-6-5-7-24(16-23)19-46-40(43)44/h3-13,16H,14-15,17-19H2,1-2H3. The lowest BCUT2D eigenvalue weighted by Gasteiger charge is -2.29. The van der Waals surface area contributed by atoms with Gasteiger partial charge in [0.15, 0.2) is 0 Å². The number of amides is 1. The molecule has 0 radical (unpaired) electrons. The van der Waals surface area contributed by atoms with E-state index in [1.807, 2.05) is 62.4 Å². The van der Waals surface area contributed by atoms with Crippen LogP contribution in [0, 0.1) is 24.0 Å². The first-order valence-electron chi connectivity index (χ1n) is 14.4. The highest BCUT2D eigenvalue weighted by atomic mass is 16.9. The van der Waals surface area contributed by atoms with Crippen LogP contribution in [0.15, 0.2) is 72.8 Å². The number of carbonyl (C=O) groups is 2. The van der Waals surface area contributed by atoms with Crippen molar-refractivity contribution in [3.8, 4) is 22.5 Å². The summed E-state index contributed by atoms with van der Waals surface area (Å²) in [7, 11) is 0. The number of fused-ring (bicyclic) bond motifs is 1. The Hall–Kier alpha value is -6.05. The van der Waals surface area contributed by atoms with Gasteiger partial charge in [-0.05, 0) is 53.3 Å². The second kappa shape index (κ2) is 12.9. The Balaban J connectivity index is 1.15. The van der Waals surface area contributed by atoms with E-state index in [-0.39, 0.29) is 24.9 Å². The minimum Gasteiger partial charge on any atom is -0.442 e. The summed E-state index contributed by atoms with van der Waals surface area (Å²) in [6.45, 7) is 3.84. The third-order valence-electron chi connectivity index (χ3n) is 7.49. The maximum Gasteiger partial charge on any atom is 0.454 e. The molecule has 232 valence electrons. The summed E-state index contributed by atoms with van der Waals surface area (Å²) < 4.78 is 5.33. The van der Waals surface area contributed by atoms with Crippen LogP contribution in [0.5, 0.6) is 0 Å². The van der Waals surface area contributed by atoms with Crippen LogP contribution in [-0.2, 0) is 40.5 Å². The molecule has 0 saturated carbocycles. The maximum absolute atomic E-state index is 12.9. The number of carbonyl (C=O) groups excluding carboxylic acids is 2. The van der Waals surface area contributed by atoms with Crippen molar-refractivity contribution >= 4 is 17.8 Å². The van der Waals surface area contributed by atoms with Gasteiger partial charge in [0.2, 0.25) is 11.7 Å². The normalized spacial score (nSPS) is 12.5. The van der Waals surface area contributed by atoms with Crippen LogP contribution in [-0.4, -0.2) is 47.3 Å². The summed E-state index contributed by atoms with van der Waals surface area (Å²) in [5, 5.41) is 21.8. The minimum atomic E-state index is -0.871. The fourth-order valence-corrected chi connectivity index (χ4v) is 5.32. The first-order valence-corrected chi connectivity index (χ1v) is 14.4. The van der Waals surface area contributed by atoms with Crippen molar-refractivity contribution < 1.29 is 24.3 Å². The van der Waals surface area contributed by atoms with Crippen LogP contribution in [0.4, 0.5) is 10.6 Å². The van der Waals surface area contributed by atoms with Gasteiger partial charge in [-0.15, -0.1) is 20.3 Å². The smallest absolute Gasteiger partial charge is 0.442 e. The van der Waals surface area contributed by atoms with E-state index >= 15 is 0 Å². The molecule has 0 aliphatic carbocycles. The average Bonchev–Trinajstić information content (AvgIpc) is 3.55. The number of benzene rings is 3. The SMILES string of the molecule is Cc1nc(C)c2c(n1)N(Cc1ccc(-c3ccccc3-c3nnn(C(=O)OCc4cccc(CO[N+](=O)[O-])c4)n3)cc1)C(=O)CC2. The molecule has 1 aliphatic heterocycles. The van der Waals surface area contributed by atoms with Crippen LogP contribution in [0.25, 0.3) is 22.5 Å². The van der Waals surface area contributed by atoms with Crippen LogP contribution >= 0.6 is 0 Å². The molecule has 2 aromatic heterocycles. The van der Waals surface area contributed by atoms with Crippen LogP contribution in [0.2, 0.25) is 0 Å². The zero-order valence-corrected chi connectivity index (χ0v) is 25.0. The van der Waals surface area contributed by atoms with E-state index in [2.05, 4.69) is 30.2 Å². The average molecular weight is 621 g/mol. The van der Waals surface area contributed by atoms with Crippen molar-refractivity contribution in [3.05, 3.63) is 117 Å². The lowest BCUT2D eigenvalue weighted by atomic mass is 9.98. The number of hydrogen-bond acceptors (Lipinski definition) is 11. The molecule has 0 spiro atoms. The number of aryl methyl sites for hydroxylation is 2. The molecule has 46 heavy (non-hydrogen) atoms. The monoisotopic (exact) mass is 620 g/mol. The highest BCUT2D eigenvalue weighted by Crippen LogP contribution is 2.32. The molecule has 3 heterocycles. The Morgan fingerprint density at radius 2 is 1.65 bits per heavy atom. The first kappa shape index (κ1) is 30.0. The second-order valence-corrected chi connectivity index (χ2v) is 10.7. The van der Waals surface area contributed by atoms with Gasteiger partial charge in [0, 0.05) is 23.2 Å². The third-order valence-corrected chi connectivity index (χ3v) is 7.49. The summed E-state index contributed by atoms with van der Waals surface area (Å²) in [6.07, 6.45) is 0.221. The molecular weight excluding hydrogens is 592 g/mol. The van der Waals surface area contributed by atoms with E-state index in [9.17, 15) is 19.7 Å².